The second-order valence-electron chi connectivity index (χ2n) is 8.92. The molecule has 0 spiro atoms. The molecule has 1 aliphatic heterocycles. The summed E-state index contributed by atoms with van der Waals surface area (Å²) in [6, 6.07) is 10.9. The van der Waals surface area contributed by atoms with Gasteiger partial charge in [0.2, 0.25) is 11.7 Å². The minimum absolute atomic E-state index is 0.0540. The maximum absolute atomic E-state index is 13.3. The van der Waals surface area contributed by atoms with Crippen molar-refractivity contribution in [2.75, 3.05) is 11.5 Å². The number of nitrogens with one attached hydrogen (secondary N) is 1. The Kier molecular flexibility index (Phi) is 7.03. The molecule has 0 aliphatic carbocycles. The number of esters is 1. The quantitative estimate of drug-likeness (QED) is 0.365. The summed E-state index contributed by atoms with van der Waals surface area (Å²) in [5, 5.41) is 1.91. The predicted molar refractivity (Wildman–Crippen MR) is 134 cm³/mol. The van der Waals surface area contributed by atoms with Gasteiger partial charge in [-0.2, -0.15) is 0 Å². The molecule has 7 nitrogen and oxygen atoms in total. The Labute approximate surface area is 208 Å². The normalized spacial score (nSPS) is 17.9. The van der Waals surface area contributed by atoms with Crippen LogP contribution in [0.15, 0.2) is 41.8 Å². The molecule has 1 aromatic carbocycles. The van der Waals surface area contributed by atoms with Crippen LogP contribution in [0.4, 0.5) is 5.69 Å². The van der Waals surface area contributed by atoms with E-state index in [4.69, 9.17) is 4.74 Å². The lowest BCUT2D eigenvalue weighted by Gasteiger charge is -2.39. The second kappa shape index (κ2) is 10.00. The first-order valence-electron chi connectivity index (χ1n) is 11.5. The molecule has 0 saturated carbocycles. The van der Waals surface area contributed by atoms with E-state index in [2.05, 4.69) is 4.98 Å². The van der Waals surface area contributed by atoms with Gasteiger partial charge in [-0.1, -0.05) is 23.8 Å². The number of carbonyl (C=O) groups excluding carboxylic acids is 4. The number of H-pyrrole nitrogens is 1. The fraction of sp³-hybridized carbons (Fsp3) is 0.333. The number of piperidine rings is 1. The number of carbonyl (C=O) groups is 4. The molecule has 0 bridgehead atoms. The summed E-state index contributed by atoms with van der Waals surface area (Å²) in [7, 11) is 0. The van der Waals surface area contributed by atoms with E-state index in [1.165, 1.54) is 18.3 Å². The van der Waals surface area contributed by atoms with Gasteiger partial charge in [-0.25, -0.2) is 0 Å². The van der Waals surface area contributed by atoms with Crippen molar-refractivity contribution in [3.63, 3.8) is 0 Å². The molecule has 0 radical (unpaired) electrons. The Hall–Kier alpha value is -3.52. The SMILES string of the molecule is CC(=O)c1c(C)[nH]c(C(=O)COC(=O)[C@@H]2CCC(=O)N(c3ccc(C)cc3)[C@H]2c2cccs2)c1C. The number of hydrogen-bond acceptors (Lipinski definition) is 6. The lowest BCUT2D eigenvalue weighted by atomic mass is 9.87. The number of rotatable bonds is 7. The standard InChI is InChI=1S/C27H28N2O5S/c1-15-7-9-19(10-8-15)29-23(32)12-11-20(26(29)22-6-5-13-35-22)27(33)34-14-21(31)25-16(2)24(18(4)30)17(3)28-25/h5-10,13,20,26,28H,11-12,14H2,1-4H3/t20-,26-/m1/s1. The van der Waals surface area contributed by atoms with Crippen molar-refractivity contribution in [2.24, 2.45) is 5.92 Å². The summed E-state index contributed by atoms with van der Waals surface area (Å²) in [5.74, 6) is -1.72. The van der Waals surface area contributed by atoms with E-state index in [0.717, 1.165) is 16.1 Å². The second-order valence-corrected chi connectivity index (χ2v) is 9.90. The van der Waals surface area contributed by atoms with E-state index < -0.39 is 30.3 Å². The molecule has 1 fully saturated rings. The van der Waals surface area contributed by atoms with Crippen molar-refractivity contribution in [3.8, 4) is 0 Å². The number of anilines is 1. The number of Topliss-reactive ketones (excluding diaryl/α,β-unsaturated/α-hetero) is 2. The molecular weight excluding hydrogens is 464 g/mol. The molecule has 1 saturated heterocycles. The van der Waals surface area contributed by atoms with Crippen LogP contribution in [0.2, 0.25) is 0 Å². The highest BCUT2D eigenvalue weighted by Gasteiger charge is 2.43. The summed E-state index contributed by atoms with van der Waals surface area (Å²) in [6.07, 6.45) is 0.548. The fourth-order valence-electron chi connectivity index (χ4n) is 4.81. The van der Waals surface area contributed by atoms with Crippen molar-refractivity contribution < 1.29 is 23.9 Å². The van der Waals surface area contributed by atoms with Crippen molar-refractivity contribution in [2.45, 2.75) is 46.6 Å². The molecule has 1 N–H and O–H groups in total. The minimum Gasteiger partial charge on any atom is -0.457 e. The van der Waals surface area contributed by atoms with Crippen LogP contribution in [0.3, 0.4) is 0 Å². The van der Waals surface area contributed by atoms with Crippen LogP contribution in [0.25, 0.3) is 0 Å². The first-order valence-corrected chi connectivity index (χ1v) is 12.4. The van der Waals surface area contributed by atoms with Gasteiger partial charge < -0.3 is 14.6 Å². The molecular formula is C27H28N2O5S. The molecule has 2 atom stereocenters. The summed E-state index contributed by atoms with van der Waals surface area (Å²) in [6.45, 7) is 6.42. The number of hydrogen-bond donors (Lipinski definition) is 1. The first kappa shape index (κ1) is 24.6. The molecule has 3 aromatic rings. The molecule has 8 heteroatoms. The minimum atomic E-state index is -0.611. The van der Waals surface area contributed by atoms with E-state index in [1.54, 1.807) is 18.7 Å². The van der Waals surface area contributed by atoms with E-state index >= 15 is 0 Å². The van der Waals surface area contributed by atoms with Gasteiger partial charge >= 0.3 is 5.97 Å². The zero-order valence-corrected chi connectivity index (χ0v) is 21.0. The number of aromatic amines is 1. The van der Waals surface area contributed by atoms with E-state index in [-0.39, 0.29) is 23.8 Å². The Morgan fingerprint density at radius 3 is 2.43 bits per heavy atom. The van der Waals surface area contributed by atoms with Gasteiger partial charge in [0.25, 0.3) is 0 Å². The van der Waals surface area contributed by atoms with Crippen LogP contribution in [-0.4, -0.2) is 35.0 Å². The highest BCUT2D eigenvalue weighted by molar-refractivity contribution is 7.10. The average molecular weight is 493 g/mol. The van der Waals surface area contributed by atoms with Crippen LogP contribution in [0, 0.1) is 26.7 Å². The van der Waals surface area contributed by atoms with Gasteiger partial charge in [0.1, 0.15) is 0 Å². The van der Waals surface area contributed by atoms with Gasteiger partial charge in [0.15, 0.2) is 12.4 Å². The number of amides is 1. The third kappa shape index (κ3) is 4.84. The first-order chi connectivity index (χ1) is 16.7. The molecule has 1 aliphatic rings. The highest BCUT2D eigenvalue weighted by Crippen LogP contribution is 2.42. The Morgan fingerprint density at radius 1 is 1.11 bits per heavy atom. The highest BCUT2D eigenvalue weighted by atomic mass is 32.1. The van der Waals surface area contributed by atoms with Crippen LogP contribution in [0.5, 0.6) is 0 Å². The molecule has 0 unspecified atom stereocenters. The van der Waals surface area contributed by atoms with Gasteiger partial charge in [-0.15, -0.1) is 11.3 Å². The Bertz CT molecular complexity index is 1270. The lowest BCUT2D eigenvalue weighted by Crippen LogP contribution is -2.46. The lowest BCUT2D eigenvalue weighted by molar-refractivity contribution is -0.149. The van der Waals surface area contributed by atoms with Gasteiger partial charge in [0.05, 0.1) is 17.7 Å². The Morgan fingerprint density at radius 2 is 1.83 bits per heavy atom. The molecule has 4 rings (SSSR count). The predicted octanol–water partition coefficient (Wildman–Crippen LogP) is 5.11. The van der Waals surface area contributed by atoms with Crippen LogP contribution < -0.4 is 4.90 Å². The zero-order valence-electron chi connectivity index (χ0n) is 20.2. The maximum atomic E-state index is 13.3. The smallest absolute Gasteiger partial charge is 0.311 e. The number of benzene rings is 1. The van der Waals surface area contributed by atoms with E-state index in [1.807, 2.05) is 48.7 Å². The summed E-state index contributed by atoms with van der Waals surface area (Å²) < 4.78 is 5.50. The molecule has 3 heterocycles. The van der Waals surface area contributed by atoms with E-state index in [9.17, 15) is 19.2 Å². The largest absolute Gasteiger partial charge is 0.457 e. The third-order valence-electron chi connectivity index (χ3n) is 6.46. The average Bonchev–Trinajstić information content (AvgIpc) is 3.45. The number of thiophene rings is 1. The number of aryl methyl sites for hydroxylation is 2. The number of nitrogens with zero attached hydrogens (tertiary/aromatic N) is 1. The monoisotopic (exact) mass is 492 g/mol. The topological polar surface area (TPSA) is 96.5 Å². The summed E-state index contributed by atoms with van der Waals surface area (Å²) in [5.41, 5.74) is 3.72. The van der Waals surface area contributed by atoms with Crippen molar-refractivity contribution in [3.05, 3.63) is 74.7 Å². The molecule has 35 heavy (non-hydrogen) atoms. The van der Waals surface area contributed by atoms with Gasteiger partial charge in [-0.3, -0.25) is 19.2 Å². The molecule has 182 valence electrons. The van der Waals surface area contributed by atoms with Crippen molar-refractivity contribution >= 4 is 40.5 Å². The van der Waals surface area contributed by atoms with Crippen molar-refractivity contribution in [1.29, 1.82) is 0 Å². The van der Waals surface area contributed by atoms with Crippen molar-refractivity contribution in [1.82, 2.24) is 4.98 Å². The molecule has 2 aromatic heterocycles. The Balaban J connectivity index is 1.57. The maximum Gasteiger partial charge on any atom is 0.311 e. The zero-order chi connectivity index (χ0) is 25.3. The number of aromatic nitrogens is 1. The number of ketones is 2. The molecule has 1 amide bonds. The fourth-order valence-corrected chi connectivity index (χ4v) is 5.69. The van der Waals surface area contributed by atoms with Crippen LogP contribution in [0.1, 0.15) is 68.4 Å². The van der Waals surface area contributed by atoms with Crippen LogP contribution in [-0.2, 0) is 14.3 Å². The van der Waals surface area contributed by atoms with E-state index in [0.29, 0.717) is 23.2 Å². The summed E-state index contributed by atoms with van der Waals surface area (Å²) >= 11 is 1.48. The van der Waals surface area contributed by atoms with Crippen LogP contribution >= 0.6 is 11.3 Å². The number of ether oxygens (including phenoxy) is 1. The van der Waals surface area contributed by atoms with Gasteiger partial charge in [0, 0.05) is 28.2 Å². The van der Waals surface area contributed by atoms with Gasteiger partial charge in [-0.05, 0) is 63.3 Å². The third-order valence-corrected chi connectivity index (χ3v) is 7.40. The summed E-state index contributed by atoms with van der Waals surface area (Å²) in [4.78, 5) is 56.5.